The van der Waals surface area contributed by atoms with Crippen LogP contribution in [-0.2, 0) is 4.74 Å². The topological polar surface area (TPSA) is 76.7 Å². The molecule has 0 aliphatic carbocycles. The number of methoxy groups -OCH3 is 1. The Hall–Kier alpha value is -2.24. The lowest BCUT2D eigenvalue weighted by atomic mass is 10.2. The standard InChI is InChI=1S/C15H22N2O4/c1-15(2,3)21-14(19)17-10-9-16-13(18)11-7-5-6-8-12(11)20-4/h5-8H,9-10H2,1-4H3,(H,16,18)(H,17,19). The van der Waals surface area contributed by atoms with Crippen molar-refractivity contribution in [3.05, 3.63) is 29.8 Å². The van der Waals surface area contributed by atoms with Gasteiger partial charge >= 0.3 is 6.09 Å². The van der Waals surface area contributed by atoms with Crippen LogP contribution in [-0.4, -0.2) is 37.8 Å². The quantitative estimate of drug-likeness (QED) is 0.814. The Kier molecular flexibility index (Phi) is 6.02. The molecule has 0 aromatic heterocycles. The van der Waals surface area contributed by atoms with Crippen LogP contribution in [0.5, 0.6) is 5.75 Å². The fourth-order valence-electron chi connectivity index (χ4n) is 1.58. The largest absolute Gasteiger partial charge is 0.496 e. The summed E-state index contributed by atoms with van der Waals surface area (Å²) in [4.78, 5) is 23.4. The number of alkyl carbamates (subject to hydrolysis) is 1. The van der Waals surface area contributed by atoms with E-state index in [0.29, 0.717) is 17.9 Å². The fraction of sp³-hybridized carbons (Fsp3) is 0.467. The second-order valence-electron chi connectivity index (χ2n) is 5.38. The third kappa shape index (κ3) is 6.16. The molecule has 1 aromatic rings. The Morgan fingerprint density at radius 2 is 1.71 bits per heavy atom. The second kappa shape index (κ2) is 7.52. The van der Waals surface area contributed by atoms with Crippen LogP contribution < -0.4 is 15.4 Å². The summed E-state index contributed by atoms with van der Waals surface area (Å²) in [5.41, 5.74) is -0.0812. The normalized spacial score (nSPS) is 10.7. The maximum absolute atomic E-state index is 12.0. The highest BCUT2D eigenvalue weighted by Gasteiger charge is 2.15. The number of nitrogens with one attached hydrogen (secondary N) is 2. The van der Waals surface area contributed by atoms with E-state index in [4.69, 9.17) is 9.47 Å². The molecule has 0 heterocycles. The monoisotopic (exact) mass is 294 g/mol. The van der Waals surface area contributed by atoms with Crippen molar-refractivity contribution in [3.63, 3.8) is 0 Å². The van der Waals surface area contributed by atoms with Crippen molar-refractivity contribution < 1.29 is 19.1 Å². The molecule has 116 valence electrons. The molecule has 21 heavy (non-hydrogen) atoms. The summed E-state index contributed by atoms with van der Waals surface area (Å²) in [6.45, 7) is 5.95. The van der Waals surface area contributed by atoms with Gasteiger partial charge in [-0.1, -0.05) is 12.1 Å². The van der Waals surface area contributed by atoms with Gasteiger partial charge in [-0.3, -0.25) is 4.79 Å². The molecule has 0 atom stereocenters. The smallest absolute Gasteiger partial charge is 0.407 e. The van der Waals surface area contributed by atoms with Gasteiger partial charge in [-0.05, 0) is 32.9 Å². The number of para-hydroxylation sites is 1. The number of hydrogen-bond donors (Lipinski definition) is 2. The molecule has 0 spiro atoms. The van der Waals surface area contributed by atoms with Crippen molar-refractivity contribution in [1.82, 2.24) is 10.6 Å². The lowest BCUT2D eigenvalue weighted by Crippen LogP contribution is -2.37. The number of carbonyl (C=O) groups excluding carboxylic acids is 2. The van der Waals surface area contributed by atoms with E-state index in [2.05, 4.69) is 10.6 Å². The SMILES string of the molecule is COc1ccccc1C(=O)NCCNC(=O)OC(C)(C)C. The third-order valence-electron chi connectivity index (χ3n) is 2.43. The molecule has 2 amide bonds. The van der Waals surface area contributed by atoms with Gasteiger partial charge in [-0.15, -0.1) is 0 Å². The van der Waals surface area contributed by atoms with Gasteiger partial charge in [-0.25, -0.2) is 4.79 Å². The molecule has 6 nitrogen and oxygen atoms in total. The van der Waals surface area contributed by atoms with Crippen LogP contribution in [0.15, 0.2) is 24.3 Å². The molecule has 0 saturated heterocycles. The Morgan fingerprint density at radius 1 is 1.10 bits per heavy atom. The maximum Gasteiger partial charge on any atom is 0.407 e. The zero-order chi connectivity index (χ0) is 15.9. The van der Waals surface area contributed by atoms with Crippen LogP contribution in [0.1, 0.15) is 31.1 Å². The van der Waals surface area contributed by atoms with Gasteiger partial charge < -0.3 is 20.1 Å². The minimum atomic E-state index is -0.537. The molecule has 0 saturated carbocycles. The molecule has 0 unspecified atom stereocenters. The zero-order valence-electron chi connectivity index (χ0n) is 12.9. The Labute approximate surface area is 124 Å². The van der Waals surface area contributed by atoms with Crippen molar-refractivity contribution in [3.8, 4) is 5.75 Å². The van der Waals surface area contributed by atoms with Crippen LogP contribution in [0, 0.1) is 0 Å². The highest BCUT2D eigenvalue weighted by atomic mass is 16.6. The van der Waals surface area contributed by atoms with E-state index in [-0.39, 0.29) is 12.5 Å². The van der Waals surface area contributed by atoms with Crippen molar-refractivity contribution in [1.29, 1.82) is 0 Å². The zero-order valence-corrected chi connectivity index (χ0v) is 12.9. The van der Waals surface area contributed by atoms with Gasteiger partial charge in [-0.2, -0.15) is 0 Å². The van der Waals surface area contributed by atoms with Crippen molar-refractivity contribution in [2.45, 2.75) is 26.4 Å². The molecule has 0 aliphatic heterocycles. The number of amides is 2. The van der Waals surface area contributed by atoms with E-state index < -0.39 is 11.7 Å². The summed E-state index contributed by atoms with van der Waals surface area (Å²) in [6, 6.07) is 6.94. The van der Waals surface area contributed by atoms with Crippen molar-refractivity contribution in [2.24, 2.45) is 0 Å². The fourth-order valence-corrected chi connectivity index (χ4v) is 1.58. The van der Waals surface area contributed by atoms with Gasteiger partial charge in [0.05, 0.1) is 12.7 Å². The highest BCUT2D eigenvalue weighted by molar-refractivity contribution is 5.96. The molecule has 0 aliphatic rings. The van der Waals surface area contributed by atoms with E-state index in [1.54, 1.807) is 45.0 Å². The molecule has 0 radical (unpaired) electrons. The first-order valence-electron chi connectivity index (χ1n) is 6.71. The molecule has 6 heteroatoms. The average Bonchev–Trinajstić information content (AvgIpc) is 2.41. The van der Waals surface area contributed by atoms with E-state index in [1.165, 1.54) is 7.11 Å². The molecular formula is C15H22N2O4. The van der Waals surface area contributed by atoms with Crippen LogP contribution in [0.25, 0.3) is 0 Å². The molecule has 1 rings (SSSR count). The number of ether oxygens (including phenoxy) is 2. The minimum absolute atomic E-state index is 0.251. The molecule has 2 N–H and O–H groups in total. The highest BCUT2D eigenvalue weighted by Crippen LogP contribution is 2.16. The number of carbonyl (C=O) groups is 2. The second-order valence-corrected chi connectivity index (χ2v) is 5.38. The van der Waals surface area contributed by atoms with E-state index >= 15 is 0 Å². The van der Waals surface area contributed by atoms with Crippen molar-refractivity contribution >= 4 is 12.0 Å². The van der Waals surface area contributed by atoms with Gasteiger partial charge in [0.15, 0.2) is 0 Å². The predicted octanol–water partition coefficient (Wildman–Crippen LogP) is 1.95. The summed E-state index contributed by atoms with van der Waals surface area (Å²) in [5, 5.41) is 5.27. The molecular weight excluding hydrogens is 272 g/mol. The van der Waals surface area contributed by atoms with Gasteiger partial charge in [0.2, 0.25) is 0 Å². The molecule has 0 fully saturated rings. The first-order chi connectivity index (χ1) is 9.83. The number of hydrogen-bond acceptors (Lipinski definition) is 4. The Balaban J connectivity index is 2.36. The minimum Gasteiger partial charge on any atom is -0.496 e. The lowest BCUT2D eigenvalue weighted by Gasteiger charge is -2.19. The van der Waals surface area contributed by atoms with Crippen LogP contribution >= 0.6 is 0 Å². The van der Waals surface area contributed by atoms with E-state index in [9.17, 15) is 9.59 Å². The van der Waals surface area contributed by atoms with Gasteiger partial charge in [0.1, 0.15) is 11.4 Å². The van der Waals surface area contributed by atoms with E-state index in [1.807, 2.05) is 0 Å². The predicted molar refractivity (Wildman–Crippen MR) is 79.6 cm³/mol. The van der Waals surface area contributed by atoms with Gasteiger partial charge in [0.25, 0.3) is 5.91 Å². The van der Waals surface area contributed by atoms with Crippen LogP contribution in [0.3, 0.4) is 0 Å². The lowest BCUT2D eigenvalue weighted by molar-refractivity contribution is 0.0526. The summed E-state index contributed by atoms with van der Waals surface area (Å²) in [7, 11) is 1.51. The van der Waals surface area contributed by atoms with Crippen molar-refractivity contribution in [2.75, 3.05) is 20.2 Å². The average molecular weight is 294 g/mol. The summed E-state index contributed by atoms with van der Waals surface area (Å²) < 4.78 is 10.2. The maximum atomic E-state index is 12.0. The summed E-state index contributed by atoms with van der Waals surface area (Å²) >= 11 is 0. The Morgan fingerprint density at radius 3 is 2.33 bits per heavy atom. The number of benzene rings is 1. The summed E-state index contributed by atoms with van der Waals surface area (Å²) in [5.74, 6) is 0.258. The van der Waals surface area contributed by atoms with Crippen LogP contribution in [0.4, 0.5) is 4.79 Å². The van der Waals surface area contributed by atoms with Gasteiger partial charge in [0, 0.05) is 13.1 Å². The van der Waals surface area contributed by atoms with E-state index in [0.717, 1.165) is 0 Å². The summed E-state index contributed by atoms with van der Waals surface area (Å²) in [6.07, 6.45) is -0.506. The first-order valence-corrected chi connectivity index (χ1v) is 6.71. The third-order valence-corrected chi connectivity index (χ3v) is 2.43. The van der Waals surface area contributed by atoms with Crippen LogP contribution in [0.2, 0.25) is 0 Å². The first kappa shape index (κ1) is 16.8. The number of rotatable bonds is 5. The molecule has 1 aromatic carbocycles. The molecule has 0 bridgehead atoms. The Bertz CT molecular complexity index is 495.